The average Bonchev–Trinajstić information content (AvgIpc) is 2.28. The van der Waals surface area contributed by atoms with Gasteiger partial charge in [0.15, 0.2) is 0 Å². The van der Waals surface area contributed by atoms with Gasteiger partial charge in [-0.3, -0.25) is 0 Å². The monoisotopic (exact) mass is 210 g/mol. The fraction of sp³-hybridized carbons (Fsp3) is 0.500. The molecule has 0 saturated carbocycles. The Hall–Kier alpha value is -1.06. The standard InChI is InChI=1S/C12H18O3/c1-10(8-14)9-15-12-5-3-2-4-11(12)6-7-13/h2-5,10,13-14H,6-9H2,1H3. The van der Waals surface area contributed by atoms with Gasteiger partial charge in [-0.15, -0.1) is 0 Å². The number of rotatable bonds is 6. The van der Waals surface area contributed by atoms with Crippen molar-refractivity contribution in [1.82, 2.24) is 0 Å². The van der Waals surface area contributed by atoms with Crippen LogP contribution in [0.2, 0.25) is 0 Å². The van der Waals surface area contributed by atoms with E-state index in [9.17, 15) is 0 Å². The first kappa shape index (κ1) is 12.0. The van der Waals surface area contributed by atoms with Crippen LogP contribution < -0.4 is 4.74 Å². The summed E-state index contributed by atoms with van der Waals surface area (Å²) in [4.78, 5) is 0. The molecule has 0 aromatic heterocycles. The van der Waals surface area contributed by atoms with Crippen LogP contribution in [0.15, 0.2) is 24.3 Å². The van der Waals surface area contributed by atoms with Crippen LogP contribution in [0, 0.1) is 5.92 Å². The summed E-state index contributed by atoms with van der Waals surface area (Å²) < 4.78 is 5.57. The zero-order valence-electron chi connectivity index (χ0n) is 9.02. The van der Waals surface area contributed by atoms with Gasteiger partial charge in [0.2, 0.25) is 0 Å². The summed E-state index contributed by atoms with van der Waals surface area (Å²) in [6.45, 7) is 2.67. The topological polar surface area (TPSA) is 49.7 Å². The Morgan fingerprint density at radius 1 is 1.27 bits per heavy atom. The van der Waals surface area contributed by atoms with Crippen LogP contribution in [0.3, 0.4) is 0 Å². The Bertz CT molecular complexity index is 286. The van der Waals surface area contributed by atoms with Gasteiger partial charge in [0, 0.05) is 19.1 Å². The maximum absolute atomic E-state index is 8.87. The molecule has 0 aliphatic heterocycles. The highest BCUT2D eigenvalue weighted by Crippen LogP contribution is 2.18. The molecule has 1 atom stereocenters. The predicted octanol–water partition coefficient (Wildman–Crippen LogP) is 1.23. The summed E-state index contributed by atoms with van der Waals surface area (Å²) in [5.41, 5.74) is 1.00. The maximum atomic E-state index is 8.87. The Labute approximate surface area is 90.3 Å². The third-order valence-corrected chi connectivity index (χ3v) is 2.19. The number of hydrogen-bond acceptors (Lipinski definition) is 3. The third kappa shape index (κ3) is 3.90. The summed E-state index contributed by atoms with van der Waals surface area (Å²) >= 11 is 0. The van der Waals surface area contributed by atoms with E-state index in [0.29, 0.717) is 13.0 Å². The van der Waals surface area contributed by atoms with Crippen LogP contribution in [-0.4, -0.2) is 30.0 Å². The minimum absolute atomic E-state index is 0.121. The molecule has 0 aliphatic rings. The normalized spacial score (nSPS) is 12.5. The second kappa shape index (κ2) is 6.43. The second-order valence-corrected chi connectivity index (χ2v) is 3.68. The van der Waals surface area contributed by atoms with E-state index in [-0.39, 0.29) is 19.1 Å². The smallest absolute Gasteiger partial charge is 0.122 e. The van der Waals surface area contributed by atoms with E-state index < -0.39 is 0 Å². The van der Waals surface area contributed by atoms with E-state index in [1.807, 2.05) is 31.2 Å². The van der Waals surface area contributed by atoms with Crippen LogP contribution in [-0.2, 0) is 6.42 Å². The molecule has 0 saturated heterocycles. The molecule has 1 rings (SSSR count). The number of aliphatic hydroxyl groups excluding tert-OH is 2. The molecule has 0 heterocycles. The largest absolute Gasteiger partial charge is 0.493 e. The van der Waals surface area contributed by atoms with E-state index in [1.54, 1.807) is 0 Å². The van der Waals surface area contributed by atoms with E-state index in [2.05, 4.69) is 0 Å². The first-order chi connectivity index (χ1) is 7.27. The van der Waals surface area contributed by atoms with Crippen molar-refractivity contribution in [3.8, 4) is 5.75 Å². The number of hydrogen-bond donors (Lipinski definition) is 2. The molecule has 2 N–H and O–H groups in total. The van der Waals surface area contributed by atoms with E-state index in [4.69, 9.17) is 14.9 Å². The van der Waals surface area contributed by atoms with Gasteiger partial charge < -0.3 is 14.9 Å². The minimum atomic E-state index is 0.121. The summed E-state index contributed by atoms with van der Waals surface area (Å²) in [6, 6.07) is 7.65. The van der Waals surface area contributed by atoms with Crippen molar-refractivity contribution in [3.05, 3.63) is 29.8 Å². The first-order valence-corrected chi connectivity index (χ1v) is 5.20. The number of ether oxygens (including phenoxy) is 1. The fourth-order valence-corrected chi connectivity index (χ4v) is 1.26. The van der Waals surface area contributed by atoms with E-state index >= 15 is 0 Å². The SMILES string of the molecule is CC(CO)COc1ccccc1CCO. The highest BCUT2D eigenvalue weighted by molar-refractivity contribution is 5.33. The van der Waals surface area contributed by atoms with Gasteiger partial charge in [0.25, 0.3) is 0 Å². The summed E-state index contributed by atoms with van der Waals surface area (Å²) in [7, 11) is 0. The van der Waals surface area contributed by atoms with Crippen molar-refractivity contribution in [2.45, 2.75) is 13.3 Å². The van der Waals surface area contributed by atoms with Crippen molar-refractivity contribution in [2.75, 3.05) is 19.8 Å². The Morgan fingerprint density at radius 2 is 2.00 bits per heavy atom. The van der Waals surface area contributed by atoms with Gasteiger partial charge in [-0.2, -0.15) is 0 Å². The molecular weight excluding hydrogens is 192 g/mol. The molecule has 1 aromatic carbocycles. The van der Waals surface area contributed by atoms with Gasteiger partial charge >= 0.3 is 0 Å². The molecule has 0 aliphatic carbocycles. The highest BCUT2D eigenvalue weighted by atomic mass is 16.5. The molecule has 0 radical (unpaired) electrons. The lowest BCUT2D eigenvalue weighted by Gasteiger charge is -2.13. The van der Waals surface area contributed by atoms with Crippen LogP contribution in [0.5, 0.6) is 5.75 Å². The lowest BCUT2D eigenvalue weighted by atomic mass is 10.1. The summed E-state index contributed by atoms with van der Waals surface area (Å²) in [6.07, 6.45) is 0.601. The van der Waals surface area contributed by atoms with Crippen LogP contribution >= 0.6 is 0 Å². The molecule has 0 spiro atoms. The van der Waals surface area contributed by atoms with Crippen LogP contribution in [0.1, 0.15) is 12.5 Å². The molecular formula is C12H18O3. The molecule has 0 fully saturated rings. The van der Waals surface area contributed by atoms with Crippen LogP contribution in [0.25, 0.3) is 0 Å². The van der Waals surface area contributed by atoms with Crippen molar-refractivity contribution in [3.63, 3.8) is 0 Å². The molecule has 3 heteroatoms. The molecule has 3 nitrogen and oxygen atoms in total. The molecule has 0 amide bonds. The Kier molecular flexibility index (Phi) is 5.15. The van der Waals surface area contributed by atoms with Gasteiger partial charge in [-0.25, -0.2) is 0 Å². The van der Waals surface area contributed by atoms with E-state index in [1.165, 1.54) is 0 Å². The van der Waals surface area contributed by atoms with Gasteiger partial charge in [0.1, 0.15) is 5.75 Å². The second-order valence-electron chi connectivity index (χ2n) is 3.68. The predicted molar refractivity (Wildman–Crippen MR) is 59.0 cm³/mol. The van der Waals surface area contributed by atoms with Crippen molar-refractivity contribution < 1.29 is 14.9 Å². The number of benzene rings is 1. The third-order valence-electron chi connectivity index (χ3n) is 2.19. The van der Waals surface area contributed by atoms with Crippen molar-refractivity contribution in [2.24, 2.45) is 5.92 Å². The van der Waals surface area contributed by atoms with E-state index in [0.717, 1.165) is 11.3 Å². The lowest BCUT2D eigenvalue weighted by molar-refractivity contribution is 0.173. The molecule has 84 valence electrons. The van der Waals surface area contributed by atoms with Crippen molar-refractivity contribution >= 4 is 0 Å². The van der Waals surface area contributed by atoms with Gasteiger partial charge in [0.05, 0.1) is 6.61 Å². The quantitative estimate of drug-likeness (QED) is 0.742. The van der Waals surface area contributed by atoms with Gasteiger partial charge in [-0.05, 0) is 18.1 Å². The Balaban J connectivity index is 2.58. The van der Waals surface area contributed by atoms with Gasteiger partial charge in [-0.1, -0.05) is 25.1 Å². The summed E-state index contributed by atoms with van der Waals surface area (Å²) in [5.74, 6) is 0.930. The first-order valence-electron chi connectivity index (χ1n) is 5.20. The molecule has 1 unspecified atom stereocenters. The fourth-order valence-electron chi connectivity index (χ4n) is 1.26. The minimum Gasteiger partial charge on any atom is -0.493 e. The average molecular weight is 210 g/mol. The van der Waals surface area contributed by atoms with Crippen LogP contribution in [0.4, 0.5) is 0 Å². The molecule has 1 aromatic rings. The Morgan fingerprint density at radius 3 is 2.67 bits per heavy atom. The maximum Gasteiger partial charge on any atom is 0.122 e. The zero-order valence-corrected chi connectivity index (χ0v) is 9.02. The zero-order chi connectivity index (χ0) is 11.1. The highest BCUT2D eigenvalue weighted by Gasteiger charge is 2.05. The summed E-state index contributed by atoms with van der Waals surface area (Å²) in [5, 5.41) is 17.7. The number of para-hydroxylation sites is 1. The van der Waals surface area contributed by atoms with Crippen molar-refractivity contribution in [1.29, 1.82) is 0 Å². The molecule has 0 bridgehead atoms. The number of aliphatic hydroxyl groups is 2. The molecule has 15 heavy (non-hydrogen) atoms. The lowest BCUT2D eigenvalue weighted by Crippen LogP contribution is -2.13.